The van der Waals surface area contributed by atoms with E-state index in [4.69, 9.17) is 4.52 Å². The molecule has 0 aliphatic carbocycles. The summed E-state index contributed by atoms with van der Waals surface area (Å²) in [4.78, 5) is 15.8. The highest BCUT2D eigenvalue weighted by Crippen LogP contribution is 2.14. The Balaban J connectivity index is 1.80. The van der Waals surface area contributed by atoms with Crippen molar-refractivity contribution in [1.29, 1.82) is 0 Å². The van der Waals surface area contributed by atoms with Crippen molar-refractivity contribution in [3.63, 3.8) is 0 Å². The molecule has 1 amide bonds. The maximum Gasteiger partial charge on any atom is 0.228 e. The number of carbonyl (C=O) groups is 1. The summed E-state index contributed by atoms with van der Waals surface area (Å²) in [7, 11) is 0. The van der Waals surface area contributed by atoms with Gasteiger partial charge in [-0.3, -0.25) is 4.79 Å². The zero-order valence-electron chi connectivity index (χ0n) is 11.6. The fraction of sp³-hybridized carbons (Fsp3) is 0.400. The number of carbonyl (C=O) groups excluding carboxylic acids is 1. The number of hydrogen-bond donors (Lipinski definition) is 1. The quantitative estimate of drug-likeness (QED) is 0.842. The summed E-state index contributed by atoms with van der Waals surface area (Å²) in [5.74, 6) is 1.20. The lowest BCUT2D eigenvalue weighted by Gasteiger charge is -2.01. The second kappa shape index (κ2) is 7.43. The van der Waals surface area contributed by atoms with Crippen molar-refractivity contribution < 1.29 is 9.32 Å². The third-order valence-electron chi connectivity index (χ3n) is 2.92. The van der Waals surface area contributed by atoms with Crippen LogP contribution in [0.4, 0.5) is 0 Å². The first kappa shape index (κ1) is 14.2. The Morgan fingerprint density at radius 2 is 2.10 bits per heavy atom. The zero-order chi connectivity index (χ0) is 14.2. The van der Waals surface area contributed by atoms with E-state index in [1.54, 1.807) is 0 Å². The van der Waals surface area contributed by atoms with Gasteiger partial charge in [0.2, 0.25) is 17.6 Å². The summed E-state index contributed by atoms with van der Waals surface area (Å²) < 4.78 is 5.17. The van der Waals surface area contributed by atoms with Crippen LogP contribution in [0.15, 0.2) is 34.9 Å². The van der Waals surface area contributed by atoms with E-state index in [1.807, 2.05) is 30.3 Å². The summed E-state index contributed by atoms with van der Waals surface area (Å²) in [5.41, 5.74) is 0.925. The average molecular weight is 273 g/mol. The molecule has 106 valence electrons. The molecule has 0 aliphatic rings. The van der Waals surface area contributed by atoms with Crippen LogP contribution in [0.1, 0.15) is 32.1 Å². The fourth-order valence-corrected chi connectivity index (χ4v) is 1.80. The third-order valence-corrected chi connectivity index (χ3v) is 2.92. The Hall–Kier alpha value is -2.17. The van der Waals surface area contributed by atoms with E-state index >= 15 is 0 Å². The molecule has 0 bridgehead atoms. The van der Waals surface area contributed by atoms with Crippen LogP contribution in [0.5, 0.6) is 0 Å². The van der Waals surface area contributed by atoms with Gasteiger partial charge in [0.15, 0.2) is 0 Å². The highest BCUT2D eigenvalue weighted by molar-refractivity contribution is 5.75. The van der Waals surface area contributed by atoms with Crippen LogP contribution in [-0.2, 0) is 11.2 Å². The predicted molar refractivity (Wildman–Crippen MR) is 76.0 cm³/mol. The molecule has 0 spiro atoms. The molecule has 1 heterocycles. The number of aromatic nitrogens is 2. The second-order valence-corrected chi connectivity index (χ2v) is 4.58. The van der Waals surface area contributed by atoms with Crippen LogP contribution in [0.2, 0.25) is 0 Å². The first-order valence-electron chi connectivity index (χ1n) is 6.94. The third kappa shape index (κ3) is 4.19. The molecule has 0 fully saturated rings. The zero-order valence-corrected chi connectivity index (χ0v) is 11.6. The van der Waals surface area contributed by atoms with Crippen LogP contribution in [0.25, 0.3) is 11.4 Å². The Labute approximate surface area is 118 Å². The molecular formula is C15H19N3O2. The van der Waals surface area contributed by atoms with E-state index in [0.717, 1.165) is 18.4 Å². The standard InChI is InChI=1S/C15H19N3O2/c1-2-3-9-13(19)16-11-10-14-17-15(18-20-14)12-7-5-4-6-8-12/h4-8H,2-3,9-11H2,1H3,(H,16,19). The Morgan fingerprint density at radius 3 is 2.85 bits per heavy atom. The predicted octanol–water partition coefficient (Wildman–Crippen LogP) is 2.59. The van der Waals surface area contributed by atoms with Gasteiger partial charge in [0.25, 0.3) is 0 Å². The van der Waals surface area contributed by atoms with Crippen LogP contribution >= 0.6 is 0 Å². The molecule has 5 nitrogen and oxygen atoms in total. The fourth-order valence-electron chi connectivity index (χ4n) is 1.80. The molecule has 1 N–H and O–H groups in total. The number of unbranched alkanes of at least 4 members (excludes halogenated alkanes) is 1. The lowest BCUT2D eigenvalue weighted by molar-refractivity contribution is -0.121. The molecule has 0 saturated carbocycles. The molecule has 0 radical (unpaired) electrons. The minimum Gasteiger partial charge on any atom is -0.356 e. The van der Waals surface area contributed by atoms with Crippen LogP contribution in [0.3, 0.4) is 0 Å². The largest absolute Gasteiger partial charge is 0.356 e. The Kier molecular flexibility index (Phi) is 5.29. The lowest BCUT2D eigenvalue weighted by Crippen LogP contribution is -2.25. The number of nitrogens with one attached hydrogen (secondary N) is 1. The number of benzene rings is 1. The molecule has 0 saturated heterocycles. The summed E-state index contributed by atoms with van der Waals surface area (Å²) in [6.07, 6.45) is 3.08. The highest BCUT2D eigenvalue weighted by atomic mass is 16.5. The van der Waals surface area contributed by atoms with E-state index in [2.05, 4.69) is 22.4 Å². The van der Waals surface area contributed by atoms with Crippen LogP contribution in [0, 0.1) is 0 Å². The lowest BCUT2D eigenvalue weighted by atomic mass is 10.2. The van der Waals surface area contributed by atoms with E-state index in [1.165, 1.54) is 0 Å². The molecule has 1 aromatic carbocycles. The summed E-state index contributed by atoms with van der Waals surface area (Å²) in [5, 5.41) is 6.78. The van der Waals surface area contributed by atoms with Crippen LogP contribution in [-0.4, -0.2) is 22.6 Å². The van der Waals surface area contributed by atoms with Crippen molar-refractivity contribution >= 4 is 5.91 Å². The normalized spacial score (nSPS) is 10.4. The molecule has 1 aromatic heterocycles. The first-order valence-corrected chi connectivity index (χ1v) is 6.94. The number of hydrogen-bond acceptors (Lipinski definition) is 4. The molecule has 5 heteroatoms. The maximum absolute atomic E-state index is 11.4. The van der Waals surface area contributed by atoms with E-state index in [-0.39, 0.29) is 5.91 Å². The van der Waals surface area contributed by atoms with E-state index < -0.39 is 0 Å². The van der Waals surface area contributed by atoms with Crippen molar-refractivity contribution in [2.45, 2.75) is 32.6 Å². The Morgan fingerprint density at radius 1 is 1.30 bits per heavy atom. The van der Waals surface area contributed by atoms with Gasteiger partial charge in [-0.2, -0.15) is 4.98 Å². The second-order valence-electron chi connectivity index (χ2n) is 4.58. The van der Waals surface area contributed by atoms with Gasteiger partial charge in [-0.15, -0.1) is 0 Å². The van der Waals surface area contributed by atoms with Crippen molar-refractivity contribution in [2.75, 3.05) is 6.54 Å². The summed E-state index contributed by atoms with van der Waals surface area (Å²) in [6, 6.07) is 9.66. The van der Waals surface area contributed by atoms with Gasteiger partial charge in [-0.1, -0.05) is 48.8 Å². The van der Waals surface area contributed by atoms with Gasteiger partial charge < -0.3 is 9.84 Å². The van der Waals surface area contributed by atoms with Gasteiger partial charge in [-0.25, -0.2) is 0 Å². The van der Waals surface area contributed by atoms with Gasteiger partial charge in [0.1, 0.15) is 0 Å². The maximum atomic E-state index is 11.4. The van der Waals surface area contributed by atoms with Crippen molar-refractivity contribution in [3.8, 4) is 11.4 Å². The SMILES string of the molecule is CCCCC(=O)NCCc1nc(-c2ccccc2)no1. The molecule has 0 unspecified atom stereocenters. The molecule has 0 atom stereocenters. The van der Waals surface area contributed by atoms with Crippen molar-refractivity contribution in [3.05, 3.63) is 36.2 Å². The van der Waals surface area contributed by atoms with Gasteiger partial charge >= 0.3 is 0 Å². The van der Waals surface area contributed by atoms with E-state index in [9.17, 15) is 4.79 Å². The van der Waals surface area contributed by atoms with Crippen molar-refractivity contribution in [2.24, 2.45) is 0 Å². The van der Waals surface area contributed by atoms with Gasteiger partial charge in [0.05, 0.1) is 0 Å². The molecule has 2 aromatic rings. The summed E-state index contributed by atoms with van der Waals surface area (Å²) in [6.45, 7) is 2.59. The Bertz CT molecular complexity index is 537. The number of rotatable bonds is 7. The molecular weight excluding hydrogens is 254 g/mol. The highest BCUT2D eigenvalue weighted by Gasteiger charge is 2.08. The monoisotopic (exact) mass is 273 g/mol. The number of amides is 1. The summed E-state index contributed by atoms with van der Waals surface area (Å²) >= 11 is 0. The van der Waals surface area contributed by atoms with Crippen molar-refractivity contribution in [1.82, 2.24) is 15.5 Å². The molecule has 20 heavy (non-hydrogen) atoms. The first-order chi connectivity index (χ1) is 9.79. The average Bonchev–Trinajstić information content (AvgIpc) is 2.95. The van der Waals surface area contributed by atoms with Crippen LogP contribution < -0.4 is 5.32 Å². The van der Waals surface area contributed by atoms with Gasteiger partial charge in [-0.05, 0) is 6.42 Å². The smallest absolute Gasteiger partial charge is 0.228 e. The minimum absolute atomic E-state index is 0.0784. The minimum atomic E-state index is 0.0784. The topological polar surface area (TPSA) is 68.0 Å². The number of nitrogens with zero attached hydrogens (tertiary/aromatic N) is 2. The molecule has 2 rings (SSSR count). The van der Waals surface area contributed by atoms with Gasteiger partial charge in [0, 0.05) is 24.9 Å². The van der Waals surface area contributed by atoms with E-state index in [0.29, 0.717) is 31.1 Å². The molecule has 0 aliphatic heterocycles.